The highest BCUT2D eigenvalue weighted by atomic mass is 16.5. The van der Waals surface area contributed by atoms with E-state index in [9.17, 15) is 0 Å². The molecule has 0 bridgehead atoms. The lowest BCUT2D eigenvalue weighted by atomic mass is 9.64. The summed E-state index contributed by atoms with van der Waals surface area (Å²) in [5, 5.41) is 0. The fourth-order valence-corrected chi connectivity index (χ4v) is 2.78. The van der Waals surface area contributed by atoms with E-state index in [2.05, 4.69) is 34.6 Å². The molecule has 2 heteroatoms. The molecule has 0 aromatic rings. The molecule has 16 heavy (non-hydrogen) atoms. The Morgan fingerprint density at radius 2 is 1.50 bits per heavy atom. The normalized spacial score (nSPS) is 26.4. The van der Waals surface area contributed by atoms with Gasteiger partial charge in [0.2, 0.25) is 0 Å². The molecule has 1 aliphatic rings. The zero-order valence-electron chi connectivity index (χ0n) is 11.9. The molecule has 1 saturated carbocycles. The topological polar surface area (TPSA) is 35.2 Å². The zero-order valence-corrected chi connectivity index (χ0v) is 11.9. The van der Waals surface area contributed by atoms with E-state index in [-0.39, 0.29) is 17.1 Å². The van der Waals surface area contributed by atoms with Crippen LogP contribution in [0.4, 0.5) is 0 Å². The summed E-state index contributed by atoms with van der Waals surface area (Å²) < 4.78 is 5.84. The first-order valence-corrected chi connectivity index (χ1v) is 6.44. The Bertz CT molecular complexity index is 230. The van der Waals surface area contributed by atoms with E-state index in [1.807, 2.05) is 7.11 Å². The Hall–Kier alpha value is -0.0800. The predicted molar refractivity (Wildman–Crippen MR) is 69.4 cm³/mol. The van der Waals surface area contributed by atoms with Crippen molar-refractivity contribution in [1.82, 2.24) is 0 Å². The van der Waals surface area contributed by atoms with Gasteiger partial charge in [0.25, 0.3) is 0 Å². The molecular weight excluding hydrogens is 198 g/mol. The fourth-order valence-electron chi connectivity index (χ4n) is 2.78. The third-order valence-corrected chi connectivity index (χ3v) is 4.36. The molecule has 1 unspecified atom stereocenters. The van der Waals surface area contributed by atoms with Gasteiger partial charge in [0.05, 0.1) is 5.60 Å². The summed E-state index contributed by atoms with van der Waals surface area (Å²) in [5.74, 6) is 0. The minimum atomic E-state index is -0.103. The molecule has 1 rings (SSSR count). The van der Waals surface area contributed by atoms with Gasteiger partial charge in [-0.1, -0.05) is 34.6 Å². The van der Waals surface area contributed by atoms with Gasteiger partial charge in [0.15, 0.2) is 0 Å². The lowest BCUT2D eigenvalue weighted by Gasteiger charge is -2.49. The second-order valence-electron chi connectivity index (χ2n) is 7.28. The van der Waals surface area contributed by atoms with Crippen LogP contribution in [0.5, 0.6) is 0 Å². The van der Waals surface area contributed by atoms with Crippen molar-refractivity contribution in [2.75, 3.05) is 7.11 Å². The van der Waals surface area contributed by atoms with Crippen LogP contribution < -0.4 is 5.73 Å². The smallest absolute Gasteiger partial charge is 0.0834 e. The largest absolute Gasteiger partial charge is 0.377 e. The lowest BCUT2D eigenvalue weighted by Crippen LogP contribution is -2.58. The van der Waals surface area contributed by atoms with Crippen LogP contribution in [0.3, 0.4) is 0 Å². The molecule has 1 aliphatic carbocycles. The number of nitrogens with two attached hydrogens (primary N) is 1. The molecule has 2 N–H and O–H groups in total. The minimum absolute atomic E-state index is 0.103. The van der Waals surface area contributed by atoms with E-state index in [0.29, 0.717) is 5.41 Å². The van der Waals surface area contributed by atoms with Gasteiger partial charge in [-0.15, -0.1) is 0 Å². The molecule has 0 aromatic heterocycles. The van der Waals surface area contributed by atoms with Crippen molar-refractivity contribution in [3.8, 4) is 0 Å². The molecule has 0 spiro atoms. The molecule has 0 saturated heterocycles. The van der Waals surface area contributed by atoms with Crippen molar-refractivity contribution >= 4 is 0 Å². The minimum Gasteiger partial charge on any atom is -0.377 e. The third-order valence-electron chi connectivity index (χ3n) is 4.36. The Kier molecular flexibility index (Phi) is 3.76. The standard InChI is InChI=1S/C14H29NO/c1-12(2,3)11(15)14(16-6)9-7-13(4,5)8-10-14/h11H,7-10,15H2,1-6H3. The van der Waals surface area contributed by atoms with Crippen LogP contribution in [-0.4, -0.2) is 18.8 Å². The van der Waals surface area contributed by atoms with Crippen LogP contribution in [0.15, 0.2) is 0 Å². The molecule has 96 valence electrons. The first kappa shape index (κ1) is 14.0. The molecule has 2 nitrogen and oxygen atoms in total. The van der Waals surface area contributed by atoms with Gasteiger partial charge in [-0.2, -0.15) is 0 Å². The third kappa shape index (κ3) is 2.78. The van der Waals surface area contributed by atoms with Crippen LogP contribution in [0, 0.1) is 10.8 Å². The highest BCUT2D eigenvalue weighted by Crippen LogP contribution is 2.45. The van der Waals surface area contributed by atoms with Crippen LogP contribution in [0.1, 0.15) is 60.3 Å². The molecule has 0 aliphatic heterocycles. The van der Waals surface area contributed by atoms with E-state index >= 15 is 0 Å². The van der Waals surface area contributed by atoms with Crippen molar-refractivity contribution in [3.63, 3.8) is 0 Å². The molecule has 1 fully saturated rings. The van der Waals surface area contributed by atoms with E-state index in [4.69, 9.17) is 10.5 Å². The van der Waals surface area contributed by atoms with Crippen LogP contribution >= 0.6 is 0 Å². The van der Waals surface area contributed by atoms with Crippen molar-refractivity contribution < 1.29 is 4.74 Å². The van der Waals surface area contributed by atoms with Gasteiger partial charge in [-0.05, 0) is 36.5 Å². The Morgan fingerprint density at radius 1 is 1.06 bits per heavy atom. The summed E-state index contributed by atoms with van der Waals surface area (Å²) in [4.78, 5) is 0. The van der Waals surface area contributed by atoms with Crippen LogP contribution in [0.2, 0.25) is 0 Å². The maximum atomic E-state index is 6.43. The second-order valence-corrected chi connectivity index (χ2v) is 7.28. The SMILES string of the molecule is COC1(C(N)C(C)(C)C)CCC(C)(C)CC1. The van der Waals surface area contributed by atoms with E-state index in [1.165, 1.54) is 12.8 Å². The number of methoxy groups -OCH3 is 1. The van der Waals surface area contributed by atoms with Gasteiger partial charge in [-0.3, -0.25) is 0 Å². The molecule has 0 heterocycles. The van der Waals surface area contributed by atoms with Gasteiger partial charge in [-0.25, -0.2) is 0 Å². The van der Waals surface area contributed by atoms with Crippen molar-refractivity contribution in [2.45, 2.75) is 71.9 Å². The quantitative estimate of drug-likeness (QED) is 0.785. The first-order valence-electron chi connectivity index (χ1n) is 6.44. The highest BCUT2D eigenvalue weighted by Gasteiger charge is 2.46. The second kappa shape index (κ2) is 4.30. The summed E-state index contributed by atoms with van der Waals surface area (Å²) in [7, 11) is 1.82. The van der Waals surface area contributed by atoms with E-state index in [0.717, 1.165) is 12.8 Å². The first-order chi connectivity index (χ1) is 7.13. The number of hydrogen-bond acceptors (Lipinski definition) is 2. The van der Waals surface area contributed by atoms with Gasteiger partial charge in [0, 0.05) is 13.2 Å². The Balaban J connectivity index is 2.81. The summed E-state index contributed by atoms with van der Waals surface area (Å²) >= 11 is 0. The molecule has 0 aromatic carbocycles. The molecule has 0 radical (unpaired) electrons. The predicted octanol–water partition coefficient (Wildman–Crippen LogP) is 3.35. The average Bonchev–Trinajstić information content (AvgIpc) is 2.17. The summed E-state index contributed by atoms with van der Waals surface area (Å²) in [6.45, 7) is 11.3. The maximum Gasteiger partial charge on any atom is 0.0834 e. The summed E-state index contributed by atoms with van der Waals surface area (Å²) in [6, 6.07) is 0.112. The summed E-state index contributed by atoms with van der Waals surface area (Å²) in [6.07, 6.45) is 4.61. The number of ether oxygens (including phenoxy) is 1. The van der Waals surface area contributed by atoms with Crippen molar-refractivity contribution in [3.05, 3.63) is 0 Å². The average molecular weight is 227 g/mol. The molecule has 1 atom stereocenters. The lowest BCUT2D eigenvalue weighted by molar-refractivity contribution is -0.0991. The van der Waals surface area contributed by atoms with Gasteiger partial charge >= 0.3 is 0 Å². The fraction of sp³-hybridized carbons (Fsp3) is 1.00. The van der Waals surface area contributed by atoms with Crippen LogP contribution in [0.25, 0.3) is 0 Å². The zero-order chi connectivity index (χ0) is 12.6. The van der Waals surface area contributed by atoms with E-state index in [1.54, 1.807) is 0 Å². The van der Waals surface area contributed by atoms with Crippen LogP contribution in [-0.2, 0) is 4.74 Å². The number of rotatable bonds is 2. The van der Waals surface area contributed by atoms with E-state index < -0.39 is 0 Å². The Morgan fingerprint density at radius 3 is 1.81 bits per heavy atom. The molecule has 0 amide bonds. The molecular formula is C14H29NO. The van der Waals surface area contributed by atoms with Crippen molar-refractivity contribution in [2.24, 2.45) is 16.6 Å². The van der Waals surface area contributed by atoms with Crippen molar-refractivity contribution in [1.29, 1.82) is 0 Å². The summed E-state index contributed by atoms with van der Waals surface area (Å²) in [5.41, 5.74) is 6.90. The Labute approximate surface area is 101 Å². The van der Waals surface area contributed by atoms with Gasteiger partial charge in [0.1, 0.15) is 0 Å². The maximum absolute atomic E-state index is 6.43. The number of hydrogen-bond donors (Lipinski definition) is 1. The van der Waals surface area contributed by atoms with Gasteiger partial charge < -0.3 is 10.5 Å². The monoisotopic (exact) mass is 227 g/mol. The highest BCUT2D eigenvalue weighted by molar-refractivity contribution is 5.01.